The fourth-order valence-electron chi connectivity index (χ4n) is 4.13. The lowest BCUT2D eigenvalue weighted by molar-refractivity contribution is 0.298. The molecule has 1 aromatic heterocycles. The van der Waals surface area contributed by atoms with Gasteiger partial charge in [0.25, 0.3) is 10.0 Å². The minimum Gasteiger partial charge on any atom is -0.493 e. The van der Waals surface area contributed by atoms with Gasteiger partial charge in [-0.3, -0.25) is 13.9 Å². The molecule has 0 unspecified atom stereocenters. The van der Waals surface area contributed by atoms with Crippen LogP contribution < -0.4 is 29.4 Å². The van der Waals surface area contributed by atoms with Crippen LogP contribution in [0.15, 0.2) is 64.3 Å². The van der Waals surface area contributed by atoms with Crippen molar-refractivity contribution in [1.82, 2.24) is 9.13 Å². The number of imidazole rings is 1. The second kappa shape index (κ2) is 9.97. The largest absolute Gasteiger partial charge is 0.493 e. The number of nitrogens with one attached hydrogen (secondary N) is 1. The number of aryl methyl sites for hydroxylation is 2. The van der Waals surface area contributed by atoms with E-state index in [9.17, 15) is 13.2 Å². The van der Waals surface area contributed by atoms with Crippen LogP contribution in [0.3, 0.4) is 0 Å². The molecule has 5 rings (SSSR count). The van der Waals surface area contributed by atoms with Crippen LogP contribution in [0.5, 0.6) is 28.7 Å². The number of hydrogen-bond donors (Lipinski definition) is 1. The molecular formula is C27H29N3O7S. The minimum absolute atomic E-state index is 0.0291. The zero-order valence-corrected chi connectivity index (χ0v) is 22.4. The Morgan fingerprint density at radius 3 is 2.24 bits per heavy atom. The van der Waals surface area contributed by atoms with Crippen molar-refractivity contribution in [3.05, 3.63) is 65.1 Å². The van der Waals surface area contributed by atoms with E-state index >= 15 is 0 Å². The minimum atomic E-state index is -4.07. The first-order valence-corrected chi connectivity index (χ1v) is 13.5. The highest BCUT2D eigenvalue weighted by Crippen LogP contribution is 2.37. The highest BCUT2D eigenvalue weighted by Gasteiger charge is 2.23. The second-order valence-corrected chi connectivity index (χ2v) is 10.9. The van der Waals surface area contributed by atoms with E-state index in [4.69, 9.17) is 18.9 Å². The van der Waals surface area contributed by atoms with E-state index < -0.39 is 10.0 Å². The Morgan fingerprint density at radius 2 is 1.55 bits per heavy atom. The van der Waals surface area contributed by atoms with E-state index in [0.717, 1.165) is 0 Å². The molecule has 0 saturated heterocycles. The number of sulfonamides is 1. The quantitative estimate of drug-likeness (QED) is 0.320. The summed E-state index contributed by atoms with van der Waals surface area (Å²) in [5, 5.41) is 0. The number of fused-ring (bicyclic) bond motifs is 1. The molecule has 4 aromatic rings. The van der Waals surface area contributed by atoms with Gasteiger partial charge in [0.1, 0.15) is 11.5 Å². The third kappa shape index (κ3) is 5.01. The lowest BCUT2D eigenvalue weighted by Gasteiger charge is -2.16. The maximum atomic E-state index is 13.4. The number of anilines is 1. The van der Waals surface area contributed by atoms with Gasteiger partial charge in [-0.15, -0.1) is 0 Å². The van der Waals surface area contributed by atoms with Gasteiger partial charge < -0.3 is 18.9 Å². The first-order chi connectivity index (χ1) is 18.2. The standard InChI is InChI=1S/C27H29N3O7S/c1-29-22-14-21(28-38(32,33)20-10-11-24(34-3)26(13-20)35-4)25(15-23(22)30(2)27(29)31)37-19-7-5-6-18(12-19)36-16-17-8-9-17/h5-7,10-15,17,28H,8-9,16H2,1-4H3. The summed E-state index contributed by atoms with van der Waals surface area (Å²) in [6, 6.07) is 14.7. The second-order valence-electron chi connectivity index (χ2n) is 9.19. The molecule has 10 nitrogen and oxygen atoms in total. The number of benzene rings is 3. The Hall–Kier alpha value is -4.12. The van der Waals surface area contributed by atoms with Gasteiger partial charge >= 0.3 is 5.69 Å². The monoisotopic (exact) mass is 539 g/mol. The van der Waals surface area contributed by atoms with Gasteiger partial charge in [0.15, 0.2) is 17.2 Å². The Morgan fingerprint density at radius 1 is 0.868 bits per heavy atom. The molecule has 1 saturated carbocycles. The lowest BCUT2D eigenvalue weighted by Crippen LogP contribution is -2.19. The van der Waals surface area contributed by atoms with E-state index in [2.05, 4.69) is 4.72 Å². The lowest BCUT2D eigenvalue weighted by atomic mass is 10.2. The number of methoxy groups -OCH3 is 2. The predicted octanol–water partition coefficient (Wildman–Crippen LogP) is 4.28. The van der Waals surface area contributed by atoms with Crippen molar-refractivity contribution in [1.29, 1.82) is 0 Å². The van der Waals surface area contributed by atoms with Crippen molar-refractivity contribution in [2.75, 3.05) is 25.5 Å². The Bertz CT molecular complexity index is 1670. The van der Waals surface area contributed by atoms with Gasteiger partial charge in [-0.05, 0) is 49.1 Å². The number of hydrogen-bond acceptors (Lipinski definition) is 7. The van der Waals surface area contributed by atoms with Crippen LogP contribution in [0.1, 0.15) is 12.8 Å². The van der Waals surface area contributed by atoms with E-state index in [1.165, 1.54) is 54.4 Å². The zero-order chi connectivity index (χ0) is 27.0. The average molecular weight is 540 g/mol. The number of aromatic nitrogens is 2. The predicted molar refractivity (Wildman–Crippen MR) is 143 cm³/mol. The van der Waals surface area contributed by atoms with E-state index in [-0.39, 0.29) is 27.8 Å². The summed E-state index contributed by atoms with van der Waals surface area (Å²) in [7, 11) is 2.10. The molecule has 1 N–H and O–H groups in total. The van der Waals surface area contributed by atoms with Gasteiger partial charge in [0.2, 0.25) is 0 Å². The molecule has 1 aliphatic rings. The van der Waals surface area contributed by atoms with E-state index in [1.807, 2.05) is 12.1 Å². The Labute approximate surface area is 220 Å². The average Bonchev–Trinajstić information content (AvgIpc) is 3.72. The SMILES string of the molecule is COc1ccc(S(=O)(=O)Nc2cc3c(cc2Oc2cccc(OCC4CC4)c2)n(C)c(=O)n3C)cc1OC. The summed E-state index contributed by atoms with van der Waals surface area (Å²) in [6.45, 7) is 0.651. The fraction of sp³-hybridized carbons (Fsp3) is 0.296. The van der Waals surface area contributed by atoms with E-state index in [1.54, 1.807) is 38.4 Å². The summed E-state index contributed by atoms with van der Waals surface area (Å²) < 4.78 is 54.9. The normalized spacial score (nSPS) is 13.4. The molecule has 3 aromatic carbocycles. The summed E-state index contributed by atoms with van der Waals surface area (Å²) in [5.74, 6) is 2.62. The number of rotatable bonds is 10. The van der Waals surface area contributed by atoms with Crippen molar-refractivity contribution in [3.8, 4) is 28.7 Å². The van der Waals surface area contributed by atoms with E-state index in [0.29, 0.717) is 40.8 Å². The van der Waals surface area contributed by atoms with Gasteiger partial charge in [-0.2, -0.15) is 0 Å². The molecule has 0 bridgehead atoms. The maximum absolute atomic E-state index is 13.4. The molecule has 0 atom stereocenters. The van der Waals surface area contributed by atoms with Crippen LogP contribution in [0, 0.1) is 5.92 Å². The van der Waals surface area contributed by atoms with Crippen LogP contribution in [0.25, 0.3) is 11.0 Å². The number of nitrogens with zero attached hydrogens (tertiary/aromatic N) is 2. The number of ether oxygens (including phenoxy) is 4. The van der Waals surface area contributed by atoms with Crippen LogP contribution in [-0.4, -0.2) is 38.4 Å². The van der Waals surface area contributed by atoms with Crippen molar-refractivity contribution in [2.45, 2.75) is 17.7 Å². The van der Waals surface area contributed by atoms with Crippen molar-refractivity contribution >= 4 is 26.7 Å². The van der Waals surface area contributed by atoms with Crippen LogP contribution >= 0.6 is 0 Å². The summed E-state index contributed by atoms with van der Waals surface area (Å²) in [5.41, 5.74) is 1.04. The van der Waals surface area contributed by atoms with Gasteiger partial charge in [0.05, 0.1) is 42.4 Å². The fourth-order valence-corrected chi connectivity index (χ4v) is 5.21. The first-order valence-electron chi connectivity index (χ1n) is 12.0. The summed E-state index contributed by atoms with van der Waals surface area (Å²) in [4.78, 5) is 12.6. The molecular weight excluding hydrogens is 510 g/mol. The van der Waals surface area contributed by atoms with Crippen molar-refractivity contribution < 1.29 is 27.4 Å². The molecule has 1 aliphatic carbocycles. The Kier molecular flexibility index (Phi) is 6.70. The van der Waals surface area contributed by atoms with Gasteiger partial charge in [-0.1, -0.05) is 6.07 Å². The molecule has 1 heterocycles. The third-order valence-corrected chi connectivity index (χ3v) is 7.86. The van der Waals surface area contributed by atoms with Crippen LogP contribution in [0.4, 0.5) is 5.69 Å². The smallest absolute Gasteiger partial charge is 0.328 e. The molecule has 1 fully saturated rings. The molecule has 0 amide bonds. The topological polar surface area (TPSA) is 110 Å². The Balaban J connectivity index is 1.54. The molecule has 0 spiro atoms. The van der Waals surface area contributed by atoms with Crippen LogP contribution in [-0.2, 0) is 24.1 Å². The first kappa shape index (κ1) is 25.5. The van der Waals surface area contributed by atoms with Crippen molar-refractivity contribution in [2.24, 2.45) is 20.0 Å². The highest BCUT2D eigenvalue weighted by atomic mass is 32.2. The molecule has 38 heavy (non-hydrogen) atoms. The third-order valence-electron chi connectivity index (χ3n) is 6.50. The summed E-state index contributed by atoms with van der Waals surface area (Å²) in [6.07, 6.45) is 2.35. The van der Waals surface area contributed by atoms with Crippen LogP contribution in [0.2, 0.25) is 0 Å². The summed E-state index contributed by atoms with van der Waals surface area (Å²) >= 11 is 0. The molecule has 11 heteroatoms. The van der Waals surface area contributed by atoms with Crippen molar-refractivity contribution in [3.63, 3.8) is 0 Å². The molecule has 200 valence electrons. The van der Waals surface area contributed by atoms with Gasteiger partial charge in [-0.25, -0.2) is 13.2 Å². The highest BCUT2D eigenvalue weighted by molar-refractivity contribution is 7.92. The maximum Gasteiger partial charge on any atom is 0.328 e. The molecule has 0 radical (unpaired) electrons. The molecule has 0 aliphatic heterocycles. The van der Waals surface area contributed by atoms with Gasteiger partial charge in [0, 0.05) is 32.3 Å². The zero-order valence-electron chi connectivity index (χ0n) is 21.6.